The van der Waals surface area contributed by atoms with Crippen LogP contribution in [0.5, 0.6) is 0 Å². The lowest BCUT2D eigenvalue weighted by Crippen LogP contribution is -2.39. The highest BCUT2D eigenvalue weighted by atomic mass is 35.5. The van der Waals surface area contributed by atoms with E-state index in [2.05, 4.69) is 45.3 Å². The molecule has 5 heteroatoms. The Morgan fingerprint density at radius 2 is 1.94 bits per heavy atom. The Hall–Kier alpha value is 0.0700. The van der Waals surface area contributed by atoms with E-state index in [9.17, 15) is 4.79 Å². The van der Waals surface area contributed by atoms with Gasteiger partial charge in [-0.2, -0.15) is 0 Å². The number of halogens is 1. The minimum Gasteiger partial charge on any atom is -0.354 e. The van der Waals surface area contributed by atoms with Gasteiger partial charge in [0.2, 0.25) is 5.91 Å². The van der Waals surface area contributed by atoms with E-state index >= 15 is 0 Å². The molecule has 0 fully saturated rings. The Morgan fingerprint density at radius 3 is 2.38 bits per heavy atom. The van der Waals surface area contributed by atoms with Gasteiger partial charge in [-0.15, -0.1) is 24.2 Å². The fourth-order valence-corrected chi connectivity index (χ4v) is 1.69. The van der Waals surface area contributed by atoms with Crippen LogP contribution >= 0.6 is 24.2 Å². The first-order chi connectivity index (χ1) is 6.85. The average Bonchev–Trinajstić information content (AvgIpc) is 2.11. The van der Waals surface area contributed by atoms with Crippen LogP contribution in [0.2, 0.25) is 0 Å². The first kappa shape index (κ1) is 18.4. The Balaban J connectivity index is 0. The lowest BCUT2D eigenvalue weighted by Gasteiger charge is -2.18. The van der Waals surface area contributed by atoms with Gasteiger partial charge in [0, 0.05) is 17.3 Å². The molecular formula is C11H25ClN2OS. The van der Waals surface area contributed by atoms with Crippen molar-refractivity contribution in [3.8, 4) is 0 Å². The van der Waals surface area contributed by atoms with E-state index in [0.717, 1.165) is 6.54 Å². The molecule has 0 bridgehead atoms. The predicted octanol–water partition coefficient (Wildman–Crippen LogP) is 2.05. The molecule has 0 aliphatic carbocycles. The summed E-state index contributed by atoms with van der Waals surface area (Å²) in [6.45, 7) is 12.1. The van der Waals surface area contributed by atoms with Gasteiger partial charge in [-0.25, -0.2) is 0 Å². The molecule has 0 rings (SSSR count). The van der Waals surface area contributed by atoms with Crippen LogP contribution in [0.25, 0.3) is 0 Å². The van der Waals surface area contributed by atoms with Gasteiger partial charge in [0.25, 0.3) is 0 Å². The van der Waals surface area contributed by atoms with Crippen molar-refractivity contribution in [2.45, 2.75) is 45.4 Å². The summed E-state index contributed by atoms with van der Waals surface area (Å²) >= 11 is 1.67. The molecule has 0 aliphatic heterocycles. The van der Waals surface area contributed by atoms with Crippen LogP contribution in [0.15, 0.2) is 0 Å². The molecule has 0 saturated heterocycles. The minimum absolute atomic E-state index is 0. The topological polar surface area (TPSA) is 41.1 Å². The summed E-state index contributed by atoms with van der Waals surface area (Å²) in [6, 6.07) is 0.346. The molecule has 0 aromatic heterocycles. The molecule has 0 unspecified atom stereocenters. The molecule has 0 heterocycles. The normalized spacial score (nSPS) is 12.8. The van der Waals surface area contributed by atoms with Gasteiger partial charge >= 0.3 is 0 Å². The van der Waals surface area contributed by atoms with Gasteiger partial charge in [-0.1, -0.05) is 27.7 Å². The number of nitrogens with one attached hydrogen (secondary N) is 2. The van der Waals surface area contributed by atoms with Crippen molar-refractivity contribution in [3.05, 3.63) is 0 Å². The first-order valence-electron chi connectivity index (χ1n) is 5.49. The molecule has 0 radical (unpaired) electrons. The van der Waals surface area contributed by atoms with Crippen molar-refractivity contribution in [2.75, 3.05) is 18.8 Å². The lowest BCUT2D eigenvalue weighted by atomic mass is 10.3. The summed E-state index contributed by atoms with van der Waals surface area (Å²) in [7, 11) is 0. The second kappa shape index (κ2) is 9.14. The second-order valence-electron chi connectivity index (χ2n) is 4.66. The van der Waals surface area contributed by atoms with Gasteiger partial charge in [0.1, 0.15) is 0 Å². The van der Waals surface area contributed by atoms with Crippen molar-refractivity contribution in [3.63, 3.8) is 0 Å². The van der Waals surface area contributed by atoms with Gasteiger partial charge in [0.15, 0.2) is 0 Å². The number of hydrogen-bond acceptors (Lipinski definition) is 3. The number of amides is 1. The van der Waals surface area contributed by atoms with Gasteiger partial charge < -0.3 is 10.6 Å². The van der Waals surface area contributed by atoms with E-state index in [0.29, 0.717) is 18.3 Å². The van der Waals surface area contributed by atoms with Crippen LogP contribution in [0, 0.1) is 0 Å². The van der Waals surface area contributed by atoms with Crippen LogP contribution in [0.4, 0.5) is 0 Å². The fourth-order valence-electron chi connectivity index (χ4n) is 1.02. The molecule has 1 atom stereocenters. The molecule has 98 valence electrons. The number of hydrogen-bond donors (Lipinski definition) is 2. The number of rotatable bonds is 6. The van der Waals surface area contributed by atoms with E-state index in [4.69, 9.17) is 0 Å². The molecule has 16 heavy (non-hydrogen) atoms. The van der Waals surface area contributed by atoms with Crippen LogP contribution in [0.3, 0.4) is 0 Å². The fraction of sp³-hybridized carbons (Fsp3) is 0.909. The molecule has 0 spiro atoms. The SMILES string of the molecule is CCN[C@H](C)CNC(=O)CSC(C)(C)C.Cl. The maximum absolute atomic E-state index is 11.4. The lowest BCUT2D eigenvalue weighted by molar-refractivity contribution is -0.118. The first-order valence-corrected chi connectivity index (χ1v) is 6.47. The van der Waals surface area contributed by atoms with E-state index in [-0.39, 0.29) is 23.1 Å². The van der Waals surface area contributed by atoms with Crippen molar-refractivity contribution in [2.24, 2.45) is 0 Å². The maximum Gasteiger partial charge on any atom is 0.230 e. The number of likely N-dealkylation sites (N-methyl/N-ethyl adjacent to an activating group) is 1. The zero-order valence-electron chi connectivity index (χ0n) is 10.9. The average molecular weight is 269 g/mol. The molecule has 0 saturated carbocycles. The van der Waals surface area contributed by atoms with Crippen LogP contribution in [-0.4, -0.2) is 35.5 Å². The summed E-state index contributed by atoms with van der Waals surface area (Å²) < 4.78 is 0.157. The Kier molecular flexibility index (Phi) is 10.5. The summed E-state index contributed by atoms with van der Waals surface area (Å²) in [5.74, 6) is 0.669. The molecular weight excluding hydrogens is 244 g/mol. The Bertz CT molecular complexity index is 195. The van der Waals surface area contributed by atoms with Crippen molar-refractivity contribution in [1.82, 2.24) is 10.6 Å². The summed E-state index contributed by atoms with van der Waals surface area (Å²) in [5, 5.41) is 6.17. The van der Waals surface area contributed by atoms with E-state index in [1.807, 2.05) is 0 Å². The van der Waals surface area contributed by atoms with Crippen molar-refractivity contribution < 1.29 is 4.79 Å². The summed E-state index contributed by atoms with van der Waals surface area (Å²) in [6.07, 6.45) is 0. The molecule has 1 amide bonds. The monoisotopic (exact) mass is 268 g/mol. The smallest absolute Gasteiger partial charge is 0.230 e. The Morgan fingerprint density at radius 1 is 1.38 bits per heavy atom. The van der Waals surface area contributed by atoms with E-state index in [1.165, 1.54) is 0 Å². The highest BCUT2D eigenvalue weighted by molar-refractivity contribution is 8.01. The molecule has 3 nitrogen and oxygen atoms in total. The predicted molar refractivity (Wildman–Crippen MR) is 75.6 cm³/mol. The minimum atomic E-state index is 0. The van der Waals surface area contributed by atoms with Gasteiger partial charge in [-0.05, 0) is 13.5 Å². The maximum atomic E-state index is 11.4. The third-order valence-corrected chi connectivity index (χ3v) is 3.07. The van der Waals surface area contributed by atoms with Crippen LogP contribution in [0.1, 0.15) is 34.6 Å². The third-order valence-electron chi connectivity index (χ3n) is 1.79. The number of thioether (sulfide) groups is 1. The quantitative estimate of drug-likeness (QED) is 0.775. The molecule has 0 aromatic rings. The van der Waals surface area contributed by atoms with Crippen molar-refractivity contribution >= 4 is 30.1 Å². The summed E-state index contributed by atoms with van der Waals surface area (Å²) in [4.78, 5) is 11.4. The molecule has 0 aliphatic rings. The molecule has 2 N–H and O–H groups in total. The van der Waals surface area contributed by atoms with E-state index in [1.54, 1.807) is 11.8 Å². The van der Waals surface area contributed by atoms with Crippen LogP contribution < -0.4 is 10.6 Å². The summed E-state index contributed by atoms with van der Waals surface area (Å²) in [5.41, 5.74) is 0. The van der Waals surface area contributed by atoms with Crippen LogP contribution in [-0.2, 0) is 4.79 Å². The van der Waals surface area contributed by atoms with Crippen molar-refractivity contribution in [1.29, 1.82) is 0 Å². The standard InChI is InChI=1S/C11H24N2OS.ClH/c1-6-12-9(2)7-13-10(14)8-15-11(3,4)5;/h9,12H,6-8H2,1-5H3,(H,13,14);1H/t9-;/m1./s1. The molecule has 0 aromatic carbocycles. The third kappa shape index (κ3) is 12.1. The highest BCUT2D eigenvalue weighted by Crippen LogP contribution is 2.22. The van der Waals surface area contributed by atoms with Gasteiger partial charge in [-0.3, -0.25) is 4.79 Å². The number of carbonyl (C=O) groups excluding carboxylic acids is 1. The Labute approximate surface area is 110 Å². The second-order valence-corrected chi connectivity index (χ2v) is 6.47. The number of carbonyl (C=O) groups is 1. The zero-order chi connectivity index (χ0) is 11.9. The largest absolute Gasteiger partial charge is 0.354 e. The highest BCUT2D eigenvalue weighted by Gasteiger charge is 2.13. The van der Waals surface area contributed by atoms with Gasteiger partial charge in [0.05, 0.1) is 5.75 Å². The van der Waals surface area contributed by atoms with E-state index < -0.39 is 0 Å². The zero-order valence-corrected chi connectivity index (χ0v) is 12.6.